The molecule has 2 unspecified atom stereocenters. The zero-order chi connectivity index (χ0) is 74.8. The SMILES string of the molecule is CCCCCCCCCCCCCCCCCCCCCCCC(=O)O[C@H](COC(=O)CCCCCCCCCCCCCCCCCCCCC)COP(=O)(O)OC[C@@H](O)COP(=O)(O)OC[C@@H](COC(=O)CCCCCCCCCC(C)C)OC(=O)CCCCCCCCCCCCCC. The predicted molar refractivity (Wildman–Crippen MR) is 418 cm³/mol. The Morgan fingerprint density at radius 2 is 0.451 bits per heavy atom. The van der Waals surface area contributed by atoms with Crippen molar-refractivity contribution in [3.05, 3.63) is 0 Å². The van der Waals surface area contributed by atoms with Crippen LogP contribution < -0.4 is 0 Å². The van der Waals surface area contributed by atoms with Gasteiger partial charge in [0.05, 0.1) is 26.4 Å². The first-order valence-corrected chi connectivity index (χ1v) is 46.1. The molecule has 0 heterocycles. The average molecular weight is 1490 g/mol. The van der Waals surface area contributed by atoms with Crippen LogP contribution in [0.2, 0.25) is 0 Å². The van der Waals surface area contributed by atoms with E-state index < -0.39 is 97.5 Å². The smallest absolute Gasteiger partial charge is 0.462 e. The molecular formula is C83H162O17P2. The minimum absolute atomic E-state index is 0.107. The molecule has 0 amide bonds. The zero-order valence-electron chi connectivity index (χ0n) is 66.8. The fraction of sp³-hybridized carbons (Fsp3) is 0.952. The minimum atomic E-state index is -4.96. The van der Waals surface area contributed by atoms with E-state index in [4.69, 9.17) is 37.0 Å². The van der Waals surface area contributed by atoms with Gasteiger partial charge in [0.2, 0.25) is 0 Å². The molecule has 606 valence electrons. The summed E-state index contributed by atoms with van der Waals surface area (Å²) in [6.45, 7) is 7.28. The van der Waals surface area contributed by atoms with Crippen molar-refractivity contribution in [1.82, 2.24) is 0 Å². The van der Waals surface area contributed by atoms with Crippen LogP contribution >= 0.6 is 15.6 Å². The second kappa shape index (κ2) is 75.9. The number of rotatable bonds is 83. The molecule has 0 saturated carbocycles. The molecule has 0 saturated heterocycles. The van der Waals surface area contributed by atoms with Gasteiger partial charge >= 0.3 is 39.5 Å². The van der Waals surface area contributed by atoms with Crippen molar-refractivity contribution in [3.8, 4) is 0 Å². The molecule has 0 aromatic rings. The van der Waals surface area contributed by atoms with Crippen LogP contribution in [0.5, 0.6) is 0 Å². The Labute approximate surface area is 626 Å². The van der Waals surface area contributed by atoms with E-state index >= 15 is 0 Å². The molecule has 0 aromatic carbocycles. The molecule has 0 aromatic heterocycles. The van der Waals surface area contributed by atoms with Crippen LogP contribution in [-0.4, -0.2) is 96.7 Å². The Balaban J connectivity index is 5.20. The van der Waals surface area contributed by atoms with Crippen LogP contribution in [0.15, 0.2) is 0 Å². The van der Waals surface area contributed by atoms with Gasteiger partial charge in [0, 0.05) is 25.7 Å². The fourth-order valence-electron chi connectivity index (χ4n) is 12.9. The number of hydrogen-bond acceptors (Lipinski definition) is 15. The van der Waals surface area contributed by atoms with E-state index in [0.29, 0.717) is 31.6 Å². The highest BCUT2D eigenvalue weighted by atomic mass is 31.2. The Bertz CT molecular complexity index is 1940. The molecule has 5 atom stereocenters. The molecule has 0 radical (unpaired) electrons. The Morgan fingerprint density at radius 1 is 0.265 bits per heavy atom. The first-order chi connectivity index (χ1) is 49.5. The third kappa shape index (κ3) is 76.3. The topological polar surface area (TPSA) is 237 Å². The van der Waals surface area contributed by atoms with Crippen molar-refractivity contribution in [2.24, 2.45) is 5.92 Å². The second-order valence-corrected chi connectivity index (χ2v) is 33.3. The Morgan fingerprint density at radius 3 is 0.667 bits per heavy atom. The largest absolute Gasteiger partial charge is 0.472 e. The van der Waals surface area contributed by atoms with E-state index in [1.54, 1.807) is 0 Å². The number of phosphoric ester groups is 2. The second-order valence-electron chi connectivity index (χ2n) is 30.3. The van der Waals surface area contributed by atoms with Crippen molar-refractivity contribution in [2.75, 3.05) is 39.6 Å². The van der Waals surface area contributed by atoms with Gasteiger partial charge in [-0.3, -0.25) is 37.3 Å². The number of unbranched alkanes of at least 4 members (excludes halogenated alkanes) is 55. The lowest BCUT2D eigenvalue weighted by atomic mass is 10.0. The highest BCUT2D eigenvalue weighted by Gasteiger charge is 2.30. The number of hydrogen-bond donors (Lipinski definition) is 3. The van der Waals surface area contributed by atoms with Crippen LogP contribution in [0.3, 0.4) is 0 Å². The summed E-state index contributed by atoms with van der Waals surface area (Å²) in [5.41, 5.74) is 0. The fourth-order valence-corrected chi connectivity index (χ4v) is 14.5. The summed E-state index contributed by atoms with van der Waals surface area (Å²) in [4.78, 5) is 73.0. The van der Waals surface area contributed by atoms with Gasteiger partial charge < -0.3 is 33.8 Å². The summed E-state index contributed by atoms with van der Waals surface area (Å²) < 4.78 is 68.7. The number of ether oxygens (including phenoxy) is 4. The van der Waals surface area contributed by atoms with Gasteiger partial charge in [-0.1, -0.05) is 394 Å². The molecule has 102 heavy (non-hydrogen) atoms. The van der Waals surface area contributed by atoms with Crippen molar-refractivity contribution < 1.29 is 80.2 Å². The third-order valence-corrected chi connectivity index (χ3v) is 21.4. The summed E-state index contributed by atoms with van der Waals surface area (Å²) in [5, 5.41) is 10.6. The van der Waals surface area contributed by atoms with E-state index in [9.17, 15) is 43.2 Å². The van der Waals surface area contributed by atoms with Crippen LogP contribution in [0, 0.1) is 5.92 Å². The van der Waals surface area contributed by atoms with Crippen LogP contribution in [0.1, 0.15) is 446 Å². The number of aliphatic hydroxyl groups excluding tert-OH is 1. The van der Waals surface area contributed by atoms with Crippen LogP contribution in [0.25, 0.3) is 0 Å². The molecule has 0 rings (SSSR count). The van der Waals surface area contributed by atoms with Gasteiger partial charge in [0.1, 0.15) is 19.3 Å². The van der Waals surface area contributed by atoms with E-state index in [-0.39, 0.29) is 25.7 Å². The predicted octanol–water partition coefficient (Wildman–Crippen LogP) is 25.2. The molecule has 0 spiro atoms. The highest BCUT2D eigenvalue weighted by molar-refractivity contribution is 7.47. The van der Waals surface area contributed by atoms with Crippen LogP contribution in [-0.2, 0) is 65.4 Å². The lowest BCUT2D eigenvalue weighted by molar-refractivity contribution is -0.161. The average Bonchev–Trinajstić information content (AvgIpc) is 0.999. The normalized spacial score (nSPS) is 13.8. The molecule has 0 aliphatic heterocycles. The maximum Gasteiger partial charge on any atom is 0.472 e. The van der Waals surface area contributed by atoms with Gasteiger partial charge in [-0.05, 0) is 31.6 Å². The molecule has 17 nitrogen and oxygen atoms in total. The van der Waals surface area contributed by atoms with E-state index in [1.807, 2.05) is 0 Å². The van der Waals surface area contributed by atoms with Crippen molar-refractivity contribution in [2.45, 2.75) is 464 Å². The van der Waals surface area contributed by atoms with Crippen molar-refractivity contribution in [3.63, 3.8) is 0 Å². The van der Waals surface area contributed by atoms with Crippen molar-refractivity contribution in [1.29, 1.82) is 0 Å². The monoisotopic (exact) mass is 1490 g/mol. The molecule has 0 fully saturated rings. The molecule has 0 aliphatic rings. The first kappa shape index (κ1) is 100. The van der Waals surface area contributed by atoms with Gasteiger partial charge in [-0.15, -0.1) is 0 Å². The standard InChI is InChI=1S/C83H162O17P2/c1-6-9-12-15-18-21-24-27-29-31-33-34-36-38-40-42-45-48-53-59-64-69-83(88)99-78(72-93-80(85)66-61-56-51-46-44-41-39-37-35-32-30-28-25-22-19-16-13-10-7-2)74-97-101(89,90)95-70-77(84)71-96-102(91,92)98-75-79(73-94-81(86)67-62-57-54-49-50-55-60-65-76(4)5)100-82(87)68-63-58-52-47-43-26-23-20-17-14-11-8-3/h76-79,84H,6-75H2,1-5H3,(H,89,90)(H,91,92)/t77-,78-,79-/m1/s1. The zero-order valence-corrected chi connectivity index (χ0v) is 68.5. The molecule has 0 aliphatic carbocycles. The summed E-state index contributed by atoms with van der Waals surface area (Å²) in [6, 6.07) is 0. The van der Waals surface area contributed by atoms with Gasteiger partial charge in [-0.2, -0.15) is 0 Å². The van der Waals surface area contributed by atoms with Gasteiger partial charge in [-0.25, -0.2) is 9.13 Å². The lowest BCUT2D eigenvalue weighted by Gasteiger charge is -2.21. The molecule has 3 N–H and O–H groups in total. The number of aliphatic hydroxyl groups is 1. The summed E-state index contributed by atoms with van der Waals surface area (Å²) >= 11 is 0. The molecule has 19 heteroatoms. The summed E-state index contributed by atoms with van der Waals surface area (Å²) in [5.74, 6) is -1.40. The van der Waals surface area contributed by atoms with Crippen LogP contribution in [0.4, 0.5) is 0 Å². The number of esters is 4. The van der Waals surface area contributed by atoms with Crippen molar-refractivity contribution >= 4 is 39.5 Å². The van der Waals surface area contributed by atoms with Gasteiger partial charge in [0.25, 0.3) is 0 Å². The number of phosphoric acid groups is 2. The molecular weight excluding hydrogens is 1330 g/mol. The Kier molecular flexibility index (Phi) is 74.4. The number of carbonyl (C=O) groups is 4. The maximum atomic E-state index is 13.1. The minimum Gasteiger partial charge on any atom is -0.462 e. The highest BCUT2D eigenvalue weighted by Crippen LogP contribution is 2.45. The van der Waals surface area contributed by atoms with E-state index in [2.05, 4.69) is 34.6 Å². The van der Waals surface area contributed by atoms with E-state index in [1.165, 1.54) is 263 Å². The van der Waals surface area contributed by atoms with Gasteiger partial charge in [0.15, 0.2) is 12.2 Å². The Hall–Kier alpha value is -1.94. The third-order valence-electron chi connectivity index (χ3n) is 19.5. The quantitative estimate of drug-likeness (QED) is 0.0222. The summed E-state index contributed by atoms with van der Waals surface area (Å²) in [7, 11) is -9.92. The lowest BCUT2D eigenvalue weighted by Crippen LogP contribution is -2.30. The van der Waals surface area contributed by atoms with E-state index in [0.717, 1.165) is 96.3 Å². The first-order valence-electron chi connectivity index (χ1n) is 43.1. The maximum absolute atomic E-state index is 13.1. The summed E-state index contributed by atoms with van der Waals surface area (Å²) in [6.07, 6.45) is 68.2. The molecule has 0 bridgehead atoms. The number of carbonyl (C=O) groups excluding carboxylic acids is 4.